The lowest BCUT2D eigenvalue weighted by Gasteiger charge is -2.30. The quantitative estimate of drug-likeness (QED) is 0.401. The van der Waals surface area contributed by atoms with E-state index in [1.807, 2.05) is 6.07 Å². The van der Waals surface area contributed by atoms with Crippen LogP contribution in [0.2, 0.25) is 0 Å². The number of carbonyl (C=O) groups is 2. The molecule has 2 amide bonds. The van der Waals surface area contributed by atoms with Crippen molar-refractivity contribution >= 4 is 34.5 Å². The Kier molecular flexibility index (Phi) is 5.86. The molecule has 6 rings (SSSR count). The molecule has 2 aliphatic carbocycles. The van der Waals surface area contributed by atoms with Crippen LogP contribution in [-0.4, -0.2) is 69.6 Å². The number of nitriles is 1. The summed E-state index contributed by atoms with van der Waals surface area (Å²) in [5, 5.41) is 33.0. The first-order valence-electron chi connectivity index (χ1n) is 12.1. The number of amides is 2. The Morgan fingerprint density at radius 3 is 2.94 bits per heavy atom. The summed E-state index contributed by atoms with van der Waals surface area (Å²) < 4.78 is 0. The van der Waals surface area contributed by atoms with Crippen molar-refractivity contribution < 1.29 is 9.59 Å². The fourth-order valence-corrected chi connectivity index (χ4v) is 8.50. The molecule has 2 fully saturated rings. The van der Waals surface area contributed by atoms with E-state index in [1.54, 1.807) is 23.3 Å². The molecule has 0 radical (unpaired) electrons. The molecule has 1 saturated heterocycles. The van der Waals surface area contributed by atoms with Crippen LogP contribution in [-0.2, 0) is 23.1 Å². The van der Waals surface area contributed by atoms with Gasteiger partial charge in [-0.05, 0) is 73.2 Å². The van der Waals surface area contributed by atoms with E-state index < -0.39 is 5.41 Å². The molecule has 4 heterocycles. The molecular weight excluding hydrogens is 496 g/mol. The molecule has 3 aromatic heterocycles. The van der Waals surface area contributed by atoms with Crippen LogP contribution in [0.25, 0.3) is 0 Å². The Hall–Kier alpha value is -3.14. The Bertz CT molecular complexity index is 1340. The number of hydrogen-bond acceptors (Lipinski definition) is 9. The first-order chi connectivity index (χ1) is 17.6. The second kappa shape index (κ2) is 9.06. The van der Waals surface area contributed by atoms with E-state index >= 15 is 0 Å². The number of nitrogens with zero attached hydrogens (tertiary/aromatic N) is 5. The number of nitrogens with one attached hydrogen (secondary N) is 3. The van der Waals surface area contributed by atoms with E-state index in [1.165, 1.54) is 16.9 Å². The van der Waals surface area contributed by atoms with Gasteiger partial charge in [0.05, 0.1) is 17.5 Å². The molecule has 12 heteroatoms. The summed E-state index contributed by atoms with van der Waals surface area (Å²) in [6.45, 7) is 0.714. The van der Waals surface area contributed by atoms with E-state index in [0.717, 1.165) is 41.0 Å². The highest BCUT2D eigenvalue weighted by atomic mass is 32.1. The maximum atomic E-state index is 13.0. The van der Waals surface area contributed by atoms with Gasteiger partial charge in [0.25, 0.3) is 5.91 Å². The topological polar surface area (TPSA) is 140 Å². The van der Waals surface area contributed by atoms with Gasteiger partial charge in [0.15, 0.2) is 5.82 Å². The molecule has 3 aliphatic rings. The van der Waals surface area contributed by atoms with Crippen LogP contribution < -0.4 is 10.6 Å². The monoisotopic (exact) mass is 522 g/mol. The normalized spacial score (nSPS) is 25.9. The van der Waals surface area contributed by atoms with Crippen molar-refractivity contribution in [2.24, 2.45) is 5.92 Å². The van der Waals surface area contributed by atoms with Gasteiger partial charge in [-0.3, -0.25) is 9.59 Å². The lowest BCUT2D eigenvalue weighted by Crippen LogP contribution is -2.43. The molecular formula is C24H26N8O2S2. The summed E-state index contributed by atoms with van der Waals surface area (Å²) in [6, 6.07) is 6.36. The minimum atomic E-state index is -0.681. The van der Waals surface area contributed by atoms with E-state index in [9.17, 15) is 14.9 Å². The van der Waals surface area contributed by atoms with Crippen molar-refractivity contribution in [3.63, 3.8) is 0 Å². The van der Waals surface area contributed by atoms with Gasteiger partial charge in [-0.25, -0.2) is 0 Å². The number of hydrogen-bond donors (Lipinski definition) is 3. The van der Waals surface area contributed by atoms with Gasteiger partial charge in [-0.15, -0.1) is 32.9 Å². The van der Waals surface area contributed by atoms with E-state index in [2.05, 4.69) is 48.8 Å². The highest BCUT2D eigenvalue weighted by Gasteiger charge is 2.54. The molecule has 4 atom stereocenters. The first kappa shape index (κ1) is 23.3. The third-order valence-corrected chi connectivity index (χ3v) is 10.1. The number of aryl methyl sites for hydroxylation is 2. The molecule has 0 spiro atoms. The van der Waals surface area contributed by atoms with E-state index in [0.29, 0.717) is 29.6 Å². The highest BCUT2D eigenvalue weighted by molar-refractivity contribution is 7.15. The Morgan fingerprint density at radius 2 is 2.17 bits per heavy atom. The fourth-order valence-electron chi connectivity index (χ4n) is 5.87. The van der Waals surface area contributed by atoms with Gasteiger partial charge < -0.3 is 15.5 Å². The third kappa shape index (κ3) is 3.65. The predicted molar refractivity (Wildman–Crippen MR) is 134 cm³/mol. The number of rotatable bonds is 7. The van der Waals surface area contributed by atoms with Crippen molar-refractivity contribution in [1.82, 2.24) is 36.2 Å². The van der Waals surface area contributed by atoms with Crippen LogP contribution >= 0.6 is 22.7 Å². The molecule has 10 nitrogen and oxygen atoms in total. The zero-order valence-electron chi connectivity index (χ0n) is 19.8. The zero-order valence-corrected chi connectivity index (χ0v) is 21.4. The lowest BCUT2D eigenvalue weighted by molar-refractivity contribution is -0.131. The van der Waals surface area contributed by atoms with Crippen molar-refractivity contribution in [1.29, 1.82) is 5.26 Å². The summed E-state index contributed by atoms with van der Waals surface area (Å²) >= 11 is 3.15. The second-order valence-electron chi connectivity index (χ2n) is 9.63. The number of aromatic nitrogens is 4. The van der Waals surface area contributed by atoms with Crippen LogP contribution in [0.3, 0.4) is 0 Å². The highest BCUT2D eigenvalue weighted by Crippen LogP contribution is 2.51. The summed E-state index contributed by atoms with van der Waals surface area (Å²) in [6.07, 6.45) is 4.10. The average molecular weight is 523 g/mol. The number of thiophene rings is 2. The van der Waals surface area contributed by atoms with E-state index in [4.69, 9.17) is 0 Å². The Morgan fingerprint density at radius 1 is 1.31 bits per heavy atom. The summed E-state index contributed by atoms with van der Waals surface area (Å²) in [4.78, 5) is 30.1. The van der Waals surface area contributed by atoms with Gasteiger partial charge in [0, 0.05) is 22.8 Å². The van der Waals surface area contributed by atoms with E-state index in [-0.39, 0.29) is 30.4 Å². The van der Waals surface area contributed by atoms with Crippen LogP contribution in [0.1, 0.15) is 55.6 Å². The number of fused-ring (bicyclic) bond motifs is 3. The van der Waals surface area contributed by atoms with Crippen LogP contribution in [0.15, 0.2) is 17.5 Å². The van der Waals surface area contributed by atoms with Crippen LogP contribution in [0, 0.1) is 17.2 Å². The SMILES string of the molecule is CNC(=O)c1cc2c(s1)C(CCNCC(=O)N1C(C#N)C[C@@H]3C[C@@H]31)(c1nn[nH]n1)c1sccc1CC2. The fraction of sp³-hybridized carbons (Fsp3) is 0.500. The molecule has 0 aromatic carbocycles. The third-order valence-electron chi connectivity index (χ3n) is 7.67. The minimum absolute atomic E-state index is 0.0171. The molecule has 186 valence electrons. The van der Waals surface area contributed by atoms with Crippen LogP contribution in [0.5, 0.6) is 0 Å². The number of tetrazole rings is 1. The Balaban J connectivity index is 1.30. The van der Waals surface area contributed by atoms with Crippen molar-refractivity contribution in [2.75, 3.05) is 20.1 Å². The van der Waals surface area contributed by atoms with Gasteiger partial charge in [-0.2, -0.15) is 10.5 Å². The predicted octanol–water partition coefficient (Wildman–Crippen LogP) is 1.61. The molecule has 1 aliphatic heterocycles. The molecule has 0 bridgehead atoms. The number of aromatic amines is 1. The zero-order chi connectivity index (χ0) is 24.9. The minimum Gasteiger partial charge on any atom is -0.354 e. The van der Waals surface area contributed by atoms with Gasteiger partial charge >= 0.3 is 0 Å². The van der Waals surface area contributed by atoms with Gasteiger partial charge in [0.2, 0.25) is 5.91 Å². The van der Waals surface area contributed by atoms with Crippen molar-refractivity contribution in [3.8, 4) is 6.07 Å². The number of piperidine rings is 1. The number of carbonyl (C=O) groups excluding carboxylic acids is 2. The maximum Gasteiger partial charge on any atom is 0.261 e. The number of H-pyrrole nitrogens is 1. The van der Waals surface area contributed by atoms with Crippen molar-refractivity contribution in [2.45, 2.75) is 49.6 Å². The largest absolute Gasteiger partial charge is 0.354 e. The van der Waals surface area contributed by atoms with Gasteiger partial charge in [-0.1, -0.05) is 5.21 Å². The van der Waals surface area contributed by atoms with Crippen LogP contribution in [0.4, 0.5) is 0 Å². The molecule has 1 saturated carbocycles. The average Bonchev–Trinajstić information content (AvgIpc) is 3.41. The van der Waals surface area contributed by atoms with Crippen molar-refractivity contribution in [3.05, 3.63) is 49.1 Å². The second-order valence-corrected chi connectivity index (χ2v) is 11.6. The Labute approximate surface area is 216 Å². The summed E-state index contributed by atoms with van der Waals surface area (Å²) in [7, 11) is 1.64. The molecule has 3 aromatic rings. The molecule has 2 unspecified atom stereocenters. The molecule has 36 heavy (non-hydrogen) atoms. The summed E-state index contributed by atoms with van der Waals surface area (Å²) in [5.74, 6) is 0.936. The molecule has 3 N–H and O–H groups in total. The standard InChI is InChI=1S/C24H26N8O2S2/c1-26-22(34)18-10-14-3-2-13-4-7-35-20(13)24(21(14)36-18,23-28-30-31-29-23)5-6-27-12-19(33)32-16(11-25)8-15-9-17(15)32/h4,7,10,15-17,27H,2-3,5-6,8-9,12H2,1H3,(H,26,34)(H,28,29,30,31)/t15-,16?,17+,24?/m1/s1. The summed E-state index contributed by atoms with van der Waals surface area (Å²) in [5.41, 5.74) is 1.69. The smallest absolute Gasteiger partial charge is 0.261 e. The van der Waals surface area contributed by atoms with Gasteiger partial charge in [0.1, 0.15) is 11.5 Å². The first-order valence-corrected chi connectivity index (χ1v) is 13.8. The maximum absolute atomic E-state index is 13.0. The lowest BCUT2D eigenvalue weighted by atomic mass is 9.78. The number of likely N-dealkylation sites (tertiary alicyclic amines) is 1.